The minimum Gasteiger partial charge on any atom is -0.378 e. The quantitative estimate of drug-likeness (QED) is 0.476. The SMILES string of the molecule is C/C=C\C(=C/C(C)c1[nH]nc2ccc(C(N)=O)cc12)NCC(=O)Cc1ccccc1. The summed E-state index contributed by atoms with van der Waals surface area (Å²) in [7, 11) is 0. The zero-order valence-electron chi connectivity index (χ0n) is 17.2. The van der Waals surface area contributed by atoms with Crippen molar-refractivity contribution in [2.45, 2.75) is 26.2 Å². The molecule has 1 unspecified atom stereocenters. The zero-order chi connectivity index (χ0) is 21.5. The number of fused-ring (bicyclic) bond motifs is 1. The fourth-order valence-corrected chi connectivity index (χ4v) is 3.32. The fourth-order valence-electron chi connectivity index (χ4n) is 3.32. The van der Waals surface area contributed by atoms with Gasteiger partial charge in [0.2, 0.25) is 5.91 Å². The summed E-state index contributed by atoms with van der Waals surface area (Å²) in [4.78, 5) is 23.9. The molecule has 1 amide bonds. The standard InChI is InChI=1S/C24H26N4O2/c1-3-7-19(26-15-20(29)13-17-8-5-4-6-9-17)12-16(2)23-21-14-18(24(25)30)10-11-22(21)27-28-23/h3-12,14,16,26H,13,15H2,1-2H3,(H2,25,30)(H,27,28)/b7-3-,19-12+. The van der Waals surface area contributed by atoms with Crippen molar-refractivity contribution in [1.29, 1.82) is 0 Å². The van der Waals surface area contributed by atoms with Crippen LogP contribution in [-0.4, -0.2) is 28.4 Å². The topological polar surface area (TPSA) is 101 Å². The van der Waals surface area contributed by atoms with Crippen LogP contribution in [0.4, 0.5) is 0 Å². The van der Waals surface area contributed by atoms with Gasteiger partial charge in [0.15, 0.2) is 5.78 Å². The summed E-state index contributed by atoms with van der Waals surface area (Å²) >= 11 is 0. The van der Waals surface area contributed by atoms with Crippen LogP contribution in [0.1, 0.15) is 41.4 Å². The maximum Gasteiger partial charge on any atom is 0.248 e. The van der Waals surface area contributed by atoms with E-state index < -0.39 is 5.91 Å². The molecule has 6 heteroatoms. The molecule has 6 nitrogen and oxygen atoms in total. The van der Waals surface area contributed by atoms with Gasteiger partial charge < -0.3 is 11.1 Å². The summed E-state index contributed by atoms with van der Waals surface area (Å²) in [5.74, 6) is -0.385. The van der Waals surface area contributed by atoms with Crippen molar-refractivity contribution >= 4 is 22.6 Å². The maximum atomic E-state index is 12.3. The maximum absolute atomic E-state index is 12.3. The highest BCUT2D eigenvalue weighted by atomic mass is 16.1. The number of nitrogens with one attached hydrogen (secondary N) is 2. The second-order valence-corrected chi connectivity index (χ2v) is 7.20. The lowest BCUT2D eigenvalue weighted by Gasteiger charge is -2.11. The third-order valence-corrected chi connectivity index (χ3v) is 4.83. The van der Waals surface area contributed by atoms with Gasteiger partial charge >= 0.3 is 0 Å². The van der Waals surface area contributed by atoms with Crippen LogP contribution in [0.15, 0.2) is 72.5 Å². The number of nitrogens with zero attached hydrogens (tertiary/aromatic N) is 1. The molecule has 0 aliphatic carbocycles. The summed E-state index contributed by atoms with van der Waals surface area (Å²) in [6.45, 7) is 4.20. The molecule has 1 aromatic heterocycles. The number of rotatable bonds is 9. The van der Waals surface area contributed by atoms with Crippen LogP contribution in [0, 0.1) is 0 Å². The highest BCUT2D eigenvalue weighted by Crippen LogP contribution is 2.25. The summed E-state index contributed by atoms with van der Waals surface area (Å²) in [5, 5.41) is 11.5. The van der Waals surface area contributed by atoms with Gasteiger partial charge in [-0.05, 0) is 36.8 Å². The molecular formula is C24H26N4O2. The summed E-state index contributed by atoms with van der Waals surface area (Å²) in [6, 6.07) is 14.9. The molecule has 3 rings (SSSR count). The molecule has 0 fully saturated rings. The number of ketones is 1. The number of benzene rings is 2. The van der Waals surface area contributed by atoms with E-state index in [1.165, 1.54) is 0 Å². The molecule has 0 saturated heterocycles. The van der Waals surface area contributed by atoms with E-state index in [1.807, 2.05) is 62.4 Å². The van der Waals surface area contributed by atoms with Crippen LogP contribution in [0.5, 0.6) is 0 Å². The number of hydrogen-bond acceptors (Lipinski definition) is 4. The number of aromatic amines is 1. The lowest BCUT2D eigenvalue weighted by molar-refractivity contribution is -0.117. The Balaban J connectivity index is 1.74. The smallest absolute Gasteiger partial charge is 0.248 e. The zero-order valence-corrected chi connectivity index (χ0v) is 17.2. The monoisotopic (exact) mass is 402 g/mol. The summed E-state index contributed by atoms with van der Waals surface area (Å²) < 4.78 is 0. The number of aromatic nitrogens is 2. The van der Waals surface area contributed by atoms with E-state index in [-0.39, 0.29) is 18.2 Å². The molecule has 154 valence electrons. The Kier molecular flexibility index (Phi) is 6.80. The molecule has 0 spiro atoms. The molecule has 1 atom stereocenters. The van der Waals surface area contributed by atoms with E-state index in [2.05, 4.69) is 15.5 Å². The Labute approximate surface area is 175 Å². The Morgan fingerprint density at radius 3 is 2.67 bits per heavy atom. The molecule has 0 radical (unpaired) electrons. The average Bonchev–Trinajstić information content (AvgIpc) is 3.16. The van der Waals surface area contributed by atoms with E-state index in [0.717, 1.165) is 27.9 Å². The second-order valence-electron chi connectivity index (χ2n) is 7.20. The third-order valence-electron chi connectivity index (χ3n) is 4.83. The van der Waals surface area contributed by atoms with E-state index >= 15 is 0 Å². The predicted octanol–water partition coefficient (Wildman–Crippen LogP) is 3.63. The lowest BCUT2D eigenvalue weighted by atomic mass is 10.0. The van der Waals surface area contributed by atoms with E-state index in [1.54, 1.807) is 18.2 Å². The van der Waals surface area contributed by atoms with Crippen LogP contribution in [0.25, 0.3) is 10.9 Å². The molecule has 2 aromatic carbocycles. The Hall–Kier alpha value is -3.67. The molecule has 0 aliphatic rings. The molecule has 0 saturated carbocycles. The van der Waals surface area contributed by atoms with E-state index in [4.69, 9.17) is 5.73 Å². The number of H-pyrrole nitrogens is 1. The lowest BCUT2D eigenvalue weighted by Crippen LogP contribution is -2.23. The number of nitrogens with two attached hydrogens (primary N) is 1. The van der Waals surface area contributed by atoms with Crippen molar-refractivity contribution in [3.63, 3.8) is 0 Å². The van der Waals surface area contributed by atoms with Crippen molar-refractivity contribution < 1.29 is 9.59 Å². The van der Waals surface area contributed by atoms with Gasteiger partial charge in [0.05, 0.1) is 12.1 Å². The molecule has 0 bridgehead atoms. The van der Waals surface area contributed by atoms with Crippen LogP contribution in [-0.2, 0) is 11.2 Å². The molecular weight excluding hydrogens is 376 g/mol. The minimum atomic E-state index is -0.472. The van der Waals surface area contributed by atoms with Gasteiger partial charge in [-0.25, -0.2) is 0 Å². The van der Waals surface area contributed by atoms with E-state index in [0.29, 0.717) is 12.0 Å². The number of Topliss-reactive ketones (excluding diaryl/α,β-unsaturated/α-hetero) is 1. The van der Waals surface area contributed by atoms with Crippen LogP contribution < -0.4 is 11.1 Å². The third kappa shape index (κ3) is 5.23. The van der Waals surface area contributed by atoms with Crippen molar-refractivity contribution in [1.82, 2.24) is 15.5 Å². The number of carbonyl (C=O) groups is 2. The Morgan fingerprint density at radius 2 is 1.97 bits per heavy atom. The van der Waals surface area contributed by atoms with Gasteiger partial charge in [-0.3, -0.25) is 14.7 Å². The summed E-state index contributed by atoms with van der Waals surface area (Å²) in [6.07, 6.45) is 6.27. The van der Waals surface area contributed by atoms with Gasteiger partial charge in [0, 0.05) is 34.7 Å². The number of allylic oxidation sites excluding steroid dienone is 3. The number of hydrogen-bond donors (Lipinski definition) is 3. The summed E-state index contributed by atoms with van der Waals surface area (Å²) in [5.41, 5.74) is 9.36. The number of carbonyl (C=O) groups excluding carboxylic acids is 2. The first kappa shape index (κ1) is 21.0. The number of amides is 1. The van der Waals surface area contributed by atoms with Gasteiger partial charge in [-0.15, -0.1) is 0 Å². The first-order valence-electron chi connectivity index (χ1n) is 9.89. The van der Waals surface area contributed by atoms with Gasteiger partial charge in [0.1, 0.15) is 0 Å². The average molecular weight is 402 g/mol. The van der Waals surface area contributed by atoms with Gasteiger partial charge in [-0.1, -0.05) is 49.4 Å². The number of primary amides is 1. The van der Waals surface area contributed by atoms with Gasteiger partial charge in [-0.2, -0.15) is 5.10 Å². The fraction of sp³-hybridized carbons (Fsp3) is 0.208. The van der Waals surface area contributed by atoms with E-state index in [9.17, 15) is 9.59 Å². The Morgan fingerprint density at radius 1 is 1.20 bits per heavy atom. The molecule has 30 heavy (non-hydrogen) atoms. The van der Waals surface area contributed by atoms with Crippen LogP contribution in [0.2, 0.25) is 0 Å². The van der Waals surface area contributed by atoms with Crippen molar-refractivity contribution in [2.75, 3.05) is 6.54 Å². The first-order valence-corrected chi connectivity index (χ1v) is 9.89. The normalized spacial score (nSPS) is 12.9. The molecule has 4 N–H and O–H groups in total. The van der Waals surface area contributed by atoms with Crippen molar-refractivity contribution in [2.24, 2.45) is 5.73 Å². The molecule has 1 heterocycles. The highest BCUT2D eigenvalue weighted by molar-refractivity contribution is 5.97. The predicted molar refractivity (Wildman–Crippen MR) is 119 cm³/mol. The second kappa shape index (κ2) is 9.69. The van der Waals surface area contributed by atoms with Crippen LogP contribution >= 0.6 is 0 Å². The highest BCUT2D eigenvalue weighted by Gasteiger charge is 2.14. The van der Waals surface area contributed by atoms with Crippen LogP contribution in [0.3, 0.4) is 0 Å². The van der Waals surface area contributed by atoms with Crippen molar-refractivity contribution in [3.05, 3.63) is 89.3 Å². The van der Waals surface area contributed by atoms with Gasteiger partial charge in [0.25, 0.3) is 0 Å². The molecule has 0 aliphatic heterocycles. The largest absolute Gasteiger partial charge is 0.378 e. The Bertz CT molecular complexity index is 1100. The van der Waals surface area contributed by atoms with Crippen molar-refractivity contribution in [3.8, 4) is 0 Å². The first-order chi connectivity index (χ1) is 14.5. The minimum absolute atomic E-state index is 0.0268. The molecule has 3 aromatic rings.